The van der Waals surface area contributed by atoms with Crippen molar-refractivity contribution in [2.24, 2.45) is 0 Å². The number of rotatable bonds is 9. The molecule has 0 aromatic heterocycles. The summed E-state index contributed by atoms with van der Waals surface area (Å²) in [5, 5.41) is 2.77. The summed E-state index contributed by atoms with van der Waals surface area (Å²) >= 11 is 0. The predicted octanol–water partition coefficient (Wildman–Crippen LogP) is 4.23. The van der Waals surface area contributed by atoms with Crippen LogP contribution in [-0.2, 0) is 11.2 Å². The minimum absolute atomic E-state index is 0.0743. The Morgan fingerprint density at radius 1 is 1.10 bits per heavy atom. The van der Waals surface area contributed by atoms with Gasteiger partial charge in [0.25, 0.3) is 5.91 Å². The second-order valence-corrected chi connectivity index (χ2v) is 7.86. The van der Waals surface area contributed by atoms with Crippen molar-refractivity contribution in [1.82, 2.24) is 10.2 Å². The van der Waals surface area contributed by atoms with Gasteiger partial charge in [0.1, 0.15) is 23.6 Å². The van der Waals surface area contributed by atoms with Crippen LogP contribution in [0.4, 0.5) is 13.6 Å². The van der Waals surface area contributed by atoms with Gasteiger partial charge in [-0.15, -0.1) is 0 Å². The molecule has 1 heterocycles. The topological polar surface area (TPSA) is 67.9 Å². The summed E-state index contributed by atoms with van der Waals surface area (Å²) < 4.78 is 34.6. The normalized spacial score (nSPS) is 18.5. The molecule has 1 atom stereocenters. The summed E-state index contributed by atoms with van der Waals surface area (Å²) in [7, 11) is 0. The number of urea groups is 1. The van der Waals surface area contributed by atoms with E-state index in [1.54, 1.807) is 19.1 Å². The summed E-state index contributed by atoms with van der Waals surface area (Å²) in [4.78, 5) is 26.4. The molecule has 1 fully saturated rings. The highest BCUT2D eigenvalue weighted by molar-refractivity contribution is 6.06. The van der Waals surface area contributed by atoms with Crippen molar-refractivity contribution >= 4 is 11.9 Å². The maximum absolute atomic E-state index is 12.9. The first kappa shape index (κ1) is 22.5. The van der Waals surface area contributed by atoms with E-state index in [0.717, 1.165) is 22.4 Å². The number of hydrogen-bond acceptors (Lipinski definition) is 4. The van der Waals surface area contributed by atoms with Crippen molar-refractivity contribution in [1.29, 1.82) is 0 Å². The Bertz CT molecular complexity index is 949. The summed E-state index contributed by atoms with van der Waals surface area (Å²) in [6.07, 6.45) is 0.866. The molecule has 31 heavy (non-hydrogen) atoms. The molecule has 1 aliphatic rings. The lowest BCUT2D eigenvalue weighted by molar-refractivity contribution is -0.131. The van der Waals surface area contributed by atoms with Crippen LogP contribution >= 0.6 is 0 Å². The highest BCUT2D eigenvalue weighted by atomic mass is 19.3. The van der Waals surface area contributed by atoms with Crippen LogP contribution in [0.15, 0.2) is 42.5 Å². The van der Waals surface area contributed by atoms with Crippen molar-refractivity contribution in [3.63, 3.8) is 0 Å². The third kappa shape index (κ3) is 5.51. The molecule has 3 rings (SSSR count). The van der Waals surface area contributed by atoms with Crippen LogP contribution in [0, 0.1) is 13.8 Å². The van der Waals surface area contributed by atoms with E-state index in [2.05, 4.69) is 10.1 Å². The van der Waals surface area contributed by atoms with Crippen LogP contribution in [0.1, 0.15) is 30.0 Å². The van der Waals surface area contributed by atoms with Crippen molar-refractivity contribution in [3.05, 3.63) is 59.2 Å². The van der Waals surface area contributed by atoms with E-state index in [1.165, 1.54) is 17.0 Å². The highest BCUT2D eigenvalue weighted by Gasteiger charge is 2.47. The number of amides is 3. The summed E-state index contributed by atoms with van der Waals surface area (Å²) in [6.45, 7) is 3.06. The number of benzene rings is 2. The third-order valence-electron chi connectivity index (χ3n) is 5.32. The van der Waals surface area contributed by atoms with Gasteiger partial charge in [0.15, 0.2) is 0 Å². The molecular weight excluding hydrogens is 406 g/mol. The molecule has 1 unspecified atom stereocenters. The summed E-state index contributed by atoms with van der Waals surface area (Å²) in [5.41, 5.74) is 1.87. The molecule has 8 heteroatoms. The zero-order chi connectivity index (χ0) is 22.6. The number of nitrogens with one attached hydrogen (secondary N) is 1. The molecule has 1 N–H and O–H groups in total. The zero-order valence-electron chi connectivity index (χ0n) is 17.8. The summed E-state index contributed by atoms with van der Waals surface area (Å²) in [5.74, 6) is 0.499. The molecule has 2 aromatic rings. The Morgan fingerprint density at radius 3 is 2.48 bits per heavy atom. The maximum Gasteiger partial charge on any atom is 0.387 e. The number of carbonyl (C=O) groups excluding carboxylic acids is 2. The largest absolute Gasteiger partial charge is 0.491 e. The lowest BCUT2D eigenvalue weighted by Gasteiger charge is -2.22. The minimum atomic E-state index is -2.87. The van der Waals surface area contributed by atoms with Crippen LogP contribution in [0.25, 0.3) is 0 Å². The highest BCUT2D eigenvalue weighted by Crippen LogP contribution is 2.25. The fraction of sp³-hybridized carbons (Fsp3) is 0.391. The molecule has 0 saturated carbocycles. The Morgan fingerprint density at radius 2 is 1.81 bits per heavy atom. The lowest BCUT2D eigenvalue weighted by Crippen LogP contribution is -2.44. The van der Waals surface area contributed by atoms with Crippen LogP contribution in [-0.4, -0.2) is 42.1 Å². The average molecular weight is 432 g/mol. The molecule has 1 aliphatic heterocycles. The quantitative estimate of drug-likeness (QED) is 0.603. The molecule has 0 bridgehead atoms. The summed E-state index contributed by atoms with van der Waals surface area (Å²) in [6, 6.07) is 11.7. The van der Waals surface area contributed by atoms with Gasteiger partial charge in [0.2, 0.25) is 0 Å². The number of halogens is 2. The Labute approximate surface area is 180 Å². The van der Waals surface area contributed by atoms with Crippen LogP contribution in [0.5, 0.6) is 11.5 Å². The van der Waals surface area contributed by atoms with Gasteiger partial charge in [-0.1, -0.05) is 24.3 Å². The van der Waals surface area contributed by atoms with Gasteiger partial charge in [-0.05, 0) is 68.5 Å². The predicted molar refractivity (Wildman–Crippen MR) is 111 cm³/mol. The molecule has 3 amide bonds. The van der Waals surface area contributed by atoms with E-state index < -0.39 is 18.2 Å². The fourth-order valence-corrected chi connectivity index (χ4v) is 3.46. The number of carbonyl (C=O) groups is 2. The van der Waals surface area contributed by atoms with Gasteiger partial charge in [0.05, 0.1) is 6.54 Å². The molecular formula is C23H26F2N2O4. The minimum Gasteiger partial charge on any atom is -0.491 e. The molecule has 6 nitrogen and oxygen atoms in total. The molecule has 0 spiro atoms. The monoisotopic (exact) mass is 432 g/mol. The van der Waals surface area contributed by atoms with E-state index in [1.807, 2.05) is 32.0 Å². The number of nitrogens with zero attached hydrogens (tertiary/aromatic N) is 1. The second kappa shape index (κ2) is 9.32. The fourth-order valence-electron chi connectivity index (χ4n) is 3.46. The Kier molecular flexibility index (Phi) is 6.77. The molecule has 0 aliphatic carbocycles. The van der Waals surface area contributed by atoms with Gasteiger partial charge >= 0.3 is 12.6 Å². The number of aryl methyl sites for hydroxylation is 3. The van der Waals surface area contributed by atoms with Crippen LogP contribution in [0.3, 0.4) is 0 Å². The molecule has 1 saturated heterocycles. The van der Waals surface area contributed by atoms with E-state index in [-0.39, 0.29) is 24.8 Å². The lowest BCUT2D eigenvalue weighted by atomic mass is 9.93. The SMILES string of the molecule is Cc1ccc(C)c(OCCN2C(=O)NC(C)(CCc3ccc(OC(F)F)cc3)C2=O)c1. The number of hydrogen-bond donors (Lipinski definition) is 1. The molecule has 0 radical (unpaired) electrons. The Balaban J connectivity index is 1.55. The van der Waals surface area contributed by atoms with Gasteiger partial charge in [-0.25, -0.2) is 4.79 Å². The standard InChI is InChI=1S/C23H26F2N2O4/c1-15-4-5-16(2)19(14-15)30-13-12-27-20(28)23(3,26-22(27)29)11-10-17-6-8-18(9-7-17)31-21(24)25/h4-9,14,21H,10-13H2,1-3H3,(H,26,29). The van der Waals surface area contributed by atoms with Crippen molar-refractivity contribution < 1.29 is 27.8 Å². The van der Waals surface area contributed by atoms with Crippen molar-refractivity contribution in [3.8, 4) is 11.5 Å². The van der Waals surface area contributed by atoms with Crippen LogP contribution in [0.2, 0.25) is 0 Å². The second-order valence-electron chi connectivity index (χ2n) is 7.86. The maximum atomic E-state index is 12.9. The number of ether oxygens (including phenoxy) is 2. The zero-order valence-corrected chi connectivity index (χ0v) is 17.8. The van der Waals surface area contributed by atoms with E-state index in [0.29, 0.717) is 12.8 Å². The smallest absolute Gasteiger partial charge is 0.387 e. The van der Waals surface area contributed by atoms with Crippen molar-refractivity contribution in [2.45, 2.75) is 45.8 Å². The molecule has 2 aromatic carbocycles. The first-order valence-electron chi connectivity index (χ1n) is 10.1. The first-order chi connectivity index (χ1) is 14.7. The van der Waals surface area contributed by atoms with Gasteiger partial charge in [0, 0.05) is 0 Å². The average Bonchev–Trinajstić information content (AvgIpc) is 2.93. The van der Waals surface area contributed by atoms with E-state index in [4.69, 9.17) is 4.74 Å². The first-order valence-corrected chi connectivity index (χ1v) is 10.1. The van der Waals surface area contributed by atoms with Gasteiger partial charge in [-0.3, -0.25) is 9.69 Å². The van der Waals surface area contributed by atoms with Gasteiger partial charge < -0.3 is 14.8 Å². The number of imide groups is 1. The Hall–Kier alpha value is -3.16. The van der Waals surface area contributed by atoms with Crippen LogP contribution < -0.4 is 14.8 Å². The van der Waals surface area contributed by atoms with E-state index >= 15 is 0 Å². The number of alkyl halides is 2. The van der Waals surface area contributed by atoms with Crippen molar-refractivity contribution in [2.75, 3.05) is 13.2 Å². The molecule has 166 valence electrons. The third-order valence-corrected chi connectivity index (χ3v) is 5.32. The van der Waals surface area contributed by atoms with Gasteiger partial charge in [-0.2, -0.15) is 8.78 Å². The van der Waals surface area contributed by atoms with E-state index in [9.17, 15) is 18.4 Å².